The first kappa shape index (κ1) is 53.5. The molecule has 4 heterocycles. The van der Waals surface area contributed by atoms with Crippen molar-refractivity contribution >= 4 is 34.4 Å². The minimum Gasteiger partial charge on any atom is -0.464 e. The fourth-order valence-corrected chi connectivity index (χ4v) is 11.1. The van der Waals surface area contributed by atoms with Gasteiger partial charge >= 0.3 is 5.97 Å². The Kier molecular flexibility index (Phi) is 18.4. The van der Waals surface area contributed by atoms with Crippen LogP contribution in [0.4, 0.5) is 0 Å². The molecule has 0 radical (unpaired) electrons. The maximum Gasteiger partial charge on any atom is 0.329 e. The number of rotatable bonds is 10. The first-order chi connectivity index (χ1) is 32.4. The van der Waals surface area contributed by atoms with Crippen molar-refractivity contribution in [3.8, 4) is 0 Å². The van der Waals surface area contributed by atoms with Crippen LogP contribution in [-0.4, -0.2) is 126 Å². The van der Waals surface area contributed by atoms with Crippen molar-refractivity contribution in [2.45, 2.75) is 173 Å². The van der Waals surface area contributed by atoms with Crippen LogP contribution in [0, 0.1) is 29.6 Å². The number of benzene rings is 1. The highest BCUT2D eigenvalue weighted by atomic mass is 16.7. The van der Waals surface area contributed by atoms with Gasteiger partial charge in [0.1, 0.15) is 35.7 Å². The first-order valence-electron chi connectivity index (χ1n) is 24.8. The number of fused-ring (bicyclic) bond motifs is 4. The molecular formula is C53H77NO14. The predicted octanol–water partition coefficient (Wildman–Crippen LogP) is 7.33. The number of nitrogens with zero attached hydrogens (tertiary/aromatic N) is 1. The Morgan fingerprint density at radius 1 is 0.971 bits per heavy atom. The Balaban J connectivity index is 1.27. The lowest BCUT2D eigenvalue weighted by molar-refractivity contribution is -0.344. The maximum absolute atomic E-state index is 14.5. The van der Waals surface area contributed by atoms with Gasteiger partial charge in [-0.3, -0.25) is 14.4 Å². The molecule has 1 aromatic heterocycles. The van der Waals surface area contributed by atoms with E-state index in [-0.39, 0.29) is 55.8 Å². The largest absolute Gasteiger partial charge is 0.464 e. The summed E-state index contributed by atoms with van der Waals surface area (Å²) < 4.78 is 42.4. The van der Waals surface area contributed by atoms with Gasteiger partial charge in [0.05, 0.1) is 31.2 Å². The summed E-state index contributed by atoms with van der Waals surface area (Å²) in [5.41, 5.74) is 2.99. The van der Waals surface area contributed by atoms with Gasteiger partial charge < -0.3 is 53.1 Å². The van der Waals surface area contributed by atoms with Crippen molar-refractivity contribution in [1.82, 2.24) is 4.90 Å². The first-order valence-corrected chi connectivity index (χ1v) is 24.8. The van der Waals surface area contributed by atoms with Crippen molar-refractivity contribution in [2.75, 3.05) is 34.5 Å². The van der Waals surface area contributed by atoms with Gasteiger partial charge in [0.15, 0.2) is 5.79 Å². The molecule has 0 spiro atoms. The molecule has 2 bridgehead atoms. The van der Waals surface area contributed by atoms with Gasteiger partial charge in [-0.1, -0.05) is 57.6 Å². The highest BCUT2D eigenvalue weighted by Gasteiger charge is 2.57. The summed E-state index contributed by atoms with van der Waals surface area (Å²) in [4.78, 5) is 58.5. The molecule has 3 N–H and O–H groups in total. The molecule has 4 aliphatic rings. The van der Waals surface area contributed by atoms with Crippen LogP contribution in [-0.2, 0) is 47.6 Å². The second kappa shape index (κ2) is 23.4. The summed E-state index contributed by atoms with van der Waals surface area (Å²) in [7, 11) is 4.59. The highest BCUT2D eigenvalue weighted by molar-refractivity contribution is 6.39. The molecule has 1 aliphatic carbocycles. The summed E-state index contributed by atoms with van der Waals surface area (Å²) in [5.74, 6) is -9.13. The molecule has 2 saturated heterocycles. The number of furan rings is 1. The molecular weight excluding hydrogens is 875 g/mol. The number of cyclic esters (lactones) is 1. The normalized spacial score (nSPS) is 34.7. The number of aliphatic hydroxyl groups excluding tert-OH is 2. The molecule has 13 unspecified atom stereocenters. The van der Waals surface area contributed by atoms with Crippen LogP contribution >= 0.6 is 0 Å². The number of ketones is 2. The number of aliphatic hydroxyl groups is 3. The molecule has 1 aromatic carbocycles. The van der Waals surface area contributed by atoms with E-state index in [1.54, 1.807) is 27.2 Å². The Morgan fingerprint density at radius 2 is 1.72 bits per heavy atom. The topological polar surface area (TPSA) is 201 Å². The Hall–Kier alpha value is -3.80. The molecule has 3 aliphatic heterocycles. The van der Waals surface area contributed by atoms with Gasteiger partial charge in [0, 0.05) is 63.9 Å². The molecule has 3 fully saturated rings. The lowest BCUT2D eigenvalue weighted by atomic mass is 9.81. The zero-order valence-electron chi connectivity index (χ0n) is 41.6. The molecule has 13 atom stereocenters. The summed E-state index contributed by atoms with van der Waals surface area (Å²) in [6, 6.07) is 6.26. The minimum atomic E-state index is -2.53. The van der Waals surface area contributed by atoms with Gasteiger partial charge in [-0.2, -0.15) is 0 Å². The number of carbonyl (C=O) groups excluding carboxylic acids is 4. The van der Waals surface area contributed by atoms with Gasteiger partial charge in [-0.15, -0.1) is 0 Å². The number of ether oxygens (including phenoxy) is 6. The molecule has 15 nitrogen and oxygen atoms in total. The highest BCUT2D eigenvalue weighted by Crippen LogP contribution is 2.42. The van der Waals surface area contributed by atoms with Crippen LogP contribution in [0.3, 0.4) is 0 Å². The third-order valence-corrected chi connectivity index (χ3v) is 15.3. The van der Waals surface area contributed by atoms with E-state index in [0.717, 1.165) is 11.0 Å². The van der Waals surface area contributed by atoms with E-state index in [1.165, 1.54) is 19.1 Å². The smallest absolute Gasteiger partial charge is 0.329 e. The Bertz CT molecular complexity index is 2110. The molecule has 68 heavy (non-hydrogen) atoms. The Labute approximate surface area is 401 Å². The Morgan fingerprint density at radius 3 is 2.43 bits per heavy atom. The third-order valence-electron chi connectivity index (χ3n) is 15.3. The average molecular weight is 952 g/mol. The van der Waals surface area contributed by atoms with Crippen LogP contribution < -0.4 is 0 Å². The number of esters is 1. The number of carbonyl (C=O) groups is 4. The molecule has 15 heteroatoms. The molecule has 6 rings (SSSR count). The minimum absolute atomic E-state index is 0.0386. The van der Waals surface area contributed by atoms with Crippen LogP contribution in [0.25, 0.3) is 11.0 Å². The number of hydrogen-bond donors (Lipinski definition) is 3. The summed E-state index contributed by atoms with van der Waals surface area (Å²) >= 11 is 0. The quantitative estimate of drug-likeness (QED) is 0.0926. The fraction of sp³-hybridized carbons (Fsp3) is 0.698. The van der Waals surface area contributed by atoms with E-state index >= 15 is 0 Å². The predicted molar refractivity (Wildman–Crippen MR) is 253 cm³/mol. The summed E-state index contributed by atoms with van der Waals surface area (Å²) in [6.45, 7) is 11.3. The molecule has 1 saturated carbocycles. The van der Waals surface area contributed by atoms with Gasteiger partial charge in [0.25, 0.3) is 11.7 Å². The van der Waals surface area contributed by atoms with Gasteiger partial charge in [0.2, 0.25) is 5.79 Å². The van der Waals surface area contributed by atoms with Gasteiger partial charge in [-0.25, -0.2) is 4.79 Å². The van der Waals surface area contributed by atoms with E-state index in [9.17, 15) is 34.5 Å². The number of amides is 1. The monoisotopic (exact) mass is 952 g/mol. The summed E-state index contributed by atoms with van der Waals surface area (Å²) in [5, 5.41) is 36.0. The van der Waals surface area contributed by atoms with Crippen molar-refractivity contribution in [1.29, 1.82) is 0 Å². The number of methoxy groups -OCH3 is 3. The van der Waals surface area contributed by atoms with Crippen molar-refractivity contribution in [2.24, 2.45) is 29.6 Å². The standard InChI is InChI=1S/C53H77NO14/c1-10-37-24-31(2)23-32(3)29-52(63-8,64-9)47-19-14-34(5)53(61,68-47)49(58)50(59)54-21-12-11-13-40(54)51(60)67-48(35(6)41(55)28-42(37)56)33(4)25-36-15-18-44(46(26-36)62-7)66-30-43(57)39-17-16-38-20-22-65-45(38)27-39/h16-17,20,22,24-25,27,32,34-37,40-41,43-44,46-48,55,57,61H,10-15,18-19,21,23,26,28-30H2,1-9H3. The number of piperidine rings is 1. The van der Waals surface area contributed by atoms with Crippen LogP contribution in [0.1, 0.15) is 130 Å². The number of Topliss-reactive ketones (excluding diaryl/α,β-unsaturated/α-hetero) is 2. The van der Waals surface area contributed by atoms with Crippen molar-refractivity contribution < 1.29 is 67.3 Å². The van der Waals surface area contributed by atoms with E-state index in [1.807, 2.05) is 64.1 Å². The van der Waals surface area contributed by atoms with Crippen LogP contribution in [0.5, 0.6) is 0 Å². The average Bonchev–Trinajstić information content (AvgIpc) is 3.81. The van der Waals surface area contributed by atoms with Crippen molar-refractivity contribution in [3.05, 3.63) is 59.4 Å². The SMILES string of the molecule is CCC1C=C(C)CC(C)CC(OC)(OC)C2CCC(C)C(O)(O2)C(=O)C(=O)N2CCCCC2C(=O)OC(C(C)=CC2CCC(OCC(O)c3ccc4ccoc4c3)C(OC)C2)C(C)C(O)CC1=O. The van der Waals surface area contributed by atoms with E-state index in [2.05, 4.69) is 0 Å². The molecule has 2 aromatic rings. The second-order valence-electron chi connectivity index (χ2n) is 20.2. The zero-order chi connectivity index (χ0) is 49.5. The van der Waals surface area contributed by atoms with Gasteiger partial charge in [-0.05, 0) is 113 Å². The van der Waals surface area contributed by atoms with Crippen LogP contribution in [0.15, 0.2) is 58.2 Å². The lowest BCUT2D eigenvalue weighted by Crippen LogP contribution is -2.64. The molecule has 1 amide bonds. The summed E-state index contributed by atoms with van der Waals surface area (Å²) in [6.07, 6.45) is 6.13. The third kappa shape index (κ3) is 12.0. The lowest BCUT2D eigenvalue weighted by Gasteiger charge is -2.48. The van der Waals surface area contributed by atoms with Crippen molar-refractivity contribution in [3.63, 3.8) is 0 Å². The van der Waals surface area contributed by atoms with E-state index in [0.29, 0.717) is 80.9 Å². The van der Waals surface area contributed by atoms with Crippen LogP contribution in [0.2, 0.25) is 0 Å². The fourth-order valence-electron chi connectivity index (χ4n) is 11.1. The number of hydrogen-bond acceptors (Lipinski definition) is 14. The zero-order valence-corrected chi connectivity index (χ0v) is 41.6. The van der Waals surface area contributed by atoms with E-state index in [4.69, 9.17) is 32.8 Å². The number of allylic oxidation sites excluding steroid dienone is 3. The maximum atomic E-state index is 14.5. The molecule has 378 valence electrons. The second-order valence-corrected chi connectivity index (χ2v) is 20.2. The van der Waals surface area contributed by atoms with E-state index < -0.39 is 77.4 Å².